The lowest BCUT2D eigenvalue weighted by molar-refractivity contribution is 0.213. The molecule has 0 radical (unpaired) electrons. The molecule has 3 heterocycles. The summed E-state index contributed by atoms with van der Waals surface area (Å²) in [6, 6.07) is 8.20. The zero-order chi connectivity index (χ0) is 12.9. The summed E-state index contributed by atoms with van der Waals surface area (Å²) < 4.78 is 5.96. The number of pyridine rings is 1. The first-order valence-electron chi connectivity index (χ1n) is 6.76. The van der Waals surface area contributed by atoms with E-state index >= 15 is 0 Å². The van der Waals surface area contributed by atoms with Crippen molar-refractivity contribution in [1.29, 1.82) is 0 Å². The van der Waals surface area contributed by atoms with Gasteiger partial charge in [0.1, 0.15) is 0 Å². The zero-order valence-corrected chi connectivity index (χ0v) is 11.7. The van der Waals surface area contributed by atoms with E-state index in [1.807, 2.05) is 6.07 Å². The van der Waals surface area contributed by atoms with Gasteiger partial charge in [-0.15, -0.1) is 11.3 Å². The van der Waals surface area contributed by atoms with Crippen LogP contribution in [-0.4, -0.2) is 24.7 Å². The molecule has 3 nitrogen and oxygen atoms in total. The van der Waals surface area contributed by atoms with Crippen molar-refractivity contribution in [2.75, 3.05) is 19.7 Å². The topological polar surface area (TPSA) is 34.1 Å². The van der Waals surface area contributed by atoms with Gasteiger partial charge in [-0.05, 0) is 43.0 Å². The highest BCUT2D eigenvalue weighted by Crippen LogP contribution is 2.31. The lowest BCUT2D eigenvalue weighted by Crippen LogP contribution is -2.33. The Morgan fingerprint density at radius 2 is 2.37 bits per heavy atom. The highest BCUT2D eigenvalue weighted by molar-refractivity contribution is 7.13. The third kappa shape index (κ3) is 3.14. The number of rotatable bonds is 4. The number of hydrogen-bond donors (Lipinski definition) is 1. The molecule has 1 unspecified atom stereocenters. The van der Waals surface area contributed by atoms with Crippen molar-refractivity contribution in [3.05, 3.63) is 35.8 Å². The molecule has 1 fully saturated rings. The van der Waals surface area contributed by atoms with Crippen LogP contribution in [0.1, 0.15) is 12.8 Å². The number of ether oxygens (including phenoxy) is 1. The average molecular weight is 274 g/mol. The third-order valence-corrected chi connectivity index (χ3v) is 4.32. The second-order valence-electron chi connectivity index (χ2n) is 4.86. The molecule has 0 aliphatic carbocycles. The van der Waals surface area contributed by atoms with Gasteiger partial charge < -0.3 is 10.1 Å². The molecule has 19 heavy (non-hydrogen) atoms. The van der Waals surface area contributed by atoms with Crippen LogP contribution in [0.4, 0.5) is 0 Å². The maximum absolute atomic E-state index is 5.96. The minimum Gasteiger partial charge on any atom is -0.477 e. The van der Waals surface area contributed by atoms with Gasteiger partial charge in [-0.1, -0.05) is 6.07 Å². The van der Waals surface area contributed by atoms with Gasteiger partial charge in [0, 0.05) is 23.5 Å². The molecule has 2 aromatic heterocycles. The molecule has 0 aromatic carbocycles. The van der Waals surface area contributed by atoms with Crippen LogP contribution >= 0.6 is 11.3 Å². The van der Waals surface area contributed by atoms with E-state index in [-0.39, 0.29) is 0 Å². The molecular formula is C15H18N2OS. The van der Waals surface area contributed by atoms with E-state index < -0.39 is 0 Å². The normalized spacial score (nSPS) is 19.3. The van der Waals surface area contributed by atoms with Crippen LogP contribution in [0, 0.1) is 5.92 Å². The minimum atomic E-state index is 0.604. The predicted molar refractivity (Wildman–Crippen MR) is 78.6 cm³/mol. The van der Waals surface area contributed by atoms with Gasteiger partial charge in [-0.3, -0.25) is 0 Å². The molecule has 1 N–H and O–H groups in total. The van der Waals surface area contributed by atoms with Crippen LogP contribution < -0.4 is 10.1 Å². The standard InChI is InChI=1S/C15H18N2OS/c1-4-12(10-16-7-1)11-18-15-13(5-2-8-17-15)14-6-3-9-19-14/h2-3,5-6,8-9,12,16H,1,4,7,10-11H2. The Morgan fingerprint density at radius 1 is 1.37 bits per heavy atom. The summed E-state index contributed by atoms with van der Waals surface area (Å²) in [5.74, 6) is 1.36. The van der Waals surface area contributed by atoms with Crippen molar-refractivity contribution < 1.29 is 4.74 Å². The molecule has 1 aliphatic heterocycles. The van der Waals surface area contributed by atoms with E-state index in [4.69, 9.17) is 4.74 Å². The fourth-order valence-corrected chi connectivity index (χ4v) is 3.13. The summed E-state index contributed by atoms with van der Waals surface area (Å²) in [4.78, 5) is 5.60. The summed E-state index contributed by atoms with van der Waals surface area (Å²) in [6.45, 7) is 2.95. The van der Waals surface area contributed by atoms with E-state index in [0.717, 1.165) is 31.1 Å². The van der Waals surface area contributed by atoms with Crippen LogP contribution in [-0.2, 0) is 0 Å². The summed E-state index contributed by atoms with van der Waals surface area (Å²) in [5.41, 5.74) is 1.10. The highest BCUT2D eigenvalue weighted by atomic mass is 32.1. The van der Waals surface area contributed by atoms with Gasteiger partial charge >= 0.3 is 0 Å². The monoisotopic (exact) mass is 274 g/mol. The number of aromatic nitrogens is 1. The van der Waals surface area contributed by atoms with Crippen molar-refractivity contribution in [3.63, 3.8) is 0 Å². The molecule has 100 valence electrons. The molecule has 1 saturated heterocycles. The predicted octanol–water partition coefficient (Wildman–Crippen LogP) is 3.19. The second kappa shape index (κ2) is 6.17. The van der Waals surface area contributed by atoms with E-state index in [0.29, 0.717) is 5.92 Å². The number of thiophene rings is 1. The maximum Gasteiger partial charge on any atom is 0.222 e. The van der Waals surface area contributed by atoms with Crippen LogP contribution in [0.3, 0.4) is 0 Å². The molecular weight excluding hydrogens is 256 g/mol. The van der Waals surface area contributed by atoms with E-state index in [2.05, 4.69) is 33.9 Å². The Labute approximate surface area is 117 Å². The molecule has 2 aromatic rings. The lowest BCUT2D eigenvalue weighted by Gasteiger charge is -2.22. The van der Waals surface area contributed by atoms with Gasteiger partial charge in [0.15, 0.2) is 0 Å². The first-order valence-corrected chi connectivity index (χ1v) is 7.64. The molecule has 0 amide bonds. The van der Waals surface area contributed by atoms with Gasteiger partial charge in [0.25, 0.3) is 0 Å². The fourth-order valence-electron chi connectivity index (χ4n) is 2.39. The lowest BCUT2D eigenvalue weighted by atomic mass is 10.0. The molecule has 0 bridgehead atoms. The smallest absolute Gasteiger partial charge is 0.222 e. The maximum atomic E-state index is 5.96. The van der Waals surface area contributed by atoms with Gasteiger partial charge in [-0.2, -0.15) is 0 Å². The second-order valence-corrected chi connectivity index (χ2v) is 5.80. The summed E-state index contributed by atoms with van der Waals surface area (Å²) in [7, 11) is 0. The fraction of sp³-hybridized carbons (Fsp3) is 0.400. The number of piperidine rings is 1. The SMILES string of the molecule is c1csc(-c2cccnc2OCC2CCCNC2)c1. The molecule has 1 aliphatic rings. The molecule has 3 rings (SSSR count). The van der Waals surface area contributed by atoms with Crippen LogP contribution in [0.15, 0.2) is 35.8 Å². The minimum absolute atomic E-state index is 0.604. The van der Waals surface area contributed by atoms with Crippen molar-refractivity contribution in [1.82, 2.24) is 10.3 Å². The Kier molecular flexibility index (Phi) is 4.10. The third-order valence-electron chi connectivity index (χ3n) is 3.41. The van der Waals surface area contributed by atoms with Gasteiger partial charge in [0.2, 0.25) is 5.88 Å². The quantitative estimate of drug-likeness (QED) is 0.929. The number of nitrogens with zero attached hydrogens (tertiary/aromatic N) is 1. The first kappa shape index (κ1) is 12.6. The van der Waals surface area contributed by atoms with Gasteiger partial charge in [0.05, 0.1) is 12.2 Å². The average Bonchev–Trinajstić information content (AvgIpc) is 3.01. The van der Waals surface area contributed by atoms with Crippen LogP contribution in [0.5, 0.6) is 5.88 Å². The van der Waals surface area contributed by atoms with E-state index in [1.165, 1.54) is 17.7 Å². The van der Waals surface area contributed by atoms with Crippen molar-refractivity contribution in [3.8, 4) is 16.3 Å². The largest absolute Gasteiger partial charge is 0.477 e. The molecule has 0 saturated carbocycles. The van der Waals surface area contributed by atoms with Crippen molar-refractivity contribution in [2.24, 2.45) is 5.92 Å². The summed E-state index contributed by atoms with van der Waals surface area (Å²) in [6.07, 6.45) is 4.29. The highest BCUT2D eigenvalue weighted by Gasteiger charge is 2.15. The van der Waals surface area contributed by atoms with Crippen LogP contribution in [0.25, 0.3) is 10.4 Å². The Morgan fingerprint density at radius 3 is 3.16 bits per heavy atom. The Bertz CT molecular complexity index is 507. The first-order chi connectivity index (χ1) is 9.43. The molecule has 4 heteroatoms. The van der Waals surface area contributed by atoms with Crippen molar-refractivity contribution in [2.45, 2.75) is 12.8 Å². The van der Waals surface area contributed by atoms with E-state index in [1.54, 1.807) is 17.5 Å². The molecule has 1 atom stereocenters. The Balaban J connectivity index is 1.70. The number of hydrogen-bond acceptors (Lipinski definition) is 4. The zero-order valence-electron chi connectivity index (χ0n) is 10.8. The molecule has 0 spiro atoms. The summed E-state index contributed by atoms with van der Waals surface area (Å²) >= 11 is 1.72. The van der Waals surface area contributed by atoms with Gasteiger partial charge in [-0.25, -0.2) is 4.98 Å². The van der Waals surface area contributed by atoms with Crippen molar-refractivity contribution >= 4 is 11.3 Å². The Hall–Kier alpha value is -1.39. The summed E-state index contributed by atoms with van der Waals surface area (Å²) in [5, 5.41) is 5.50. The van der Waals surface area contributed by atoms with Crippen LogP contribution in [0.2, 0.25) is 0 Å². The number of nitrogens with one attached hydrogen (secondary N) is 1. The van der Waals surface area contributed by atoms with E-state index in [9.17, 15) is 0 Å².